The van der Waals surface area contributed by atoms with Crippen molar-refractivity contribution in [2.45, 2.75) is 47.7 Å². The summed E-state index contributed by atoms with van der Waals surface area (Å²) in [5, 5.41) is 0. The van der Waals surface area contributed by atoms with Crippen LogP contribution in [0.25, 0.3) is 0 Å². The van der Waals surface area contributed by atoms with Crippen LogP contribution in [-0.2, 0) is 0 Å². The molecule has 1 aliphatic carbocycles. The second kappa shape index (κ2) is 2.16. The first-order chi connectivity index (χ1) is 5.00. The van der Waals surface area contributed by atoms with Crippen molar-refractivity contribution in [2.75, 3.05) is 0 Å². The highest BCUT2D eigenvalue weighted by Gasteiger charge is 2.75. The zero-order valence-electron chi connectivity index (χ0n) is 8.11. The van der Waals surface area contributed by atoms with E-state index in [1.165, 1.54) is 0 Å². The molecule has 1 rings (SSSR count). The van der Waals surface area contributed by atoms with Crippen LogP contribution in [0.3, 0.4) is 0 Å². The number of alkyl halides is 1. The lowest BCUT2D eigenvalue weighted by Crippen LogP contribution is -2.98. The van der Waals surface area contributed by atoms with Crippen molar-refractivity contribution in [3.63, 3.8) is 0 Å². The Hall–Kier alpha value is 0.610. The quantitative estimate of drug-likeness (QED) is 0.443. The minimum Gasteiger partial charge on any atom is -0.323 e. The van der Waals surface area contributed by atoms with Crippen molar-refractivity contribution >= 4 is 22.6 Å². The summed E-state index contributed by atoms with van der Waals surface area (Å²) in [5.74, 6) is 0. The Labute approximate surface area is 87.6 Å². The van der Waals surface area contributed by atoms with E-state index in [4.69, 9.17) is 17.2 Å². The minimum absolute atomic E-state index is 0.152. The van der Waals surface area contributed by atoms with Crippen LogP contribution >= 0.6 is 22.6 Å². The van der Waals surface area contributed by atoms with E-state index in [0.29, 0.717) is 0 Å². The third kappa shape index (κ3) is 0.731. The maximum atomic E-state index is 6.14. The van der Waals surface area contributed by atoms with Crippen LogP contribution in [0.15, 0.2) is 0 Å². The standard InChI is InChI=1S/C8H18IN3/c1-5(9)6(2,10)8(4,12)7(5,3)11/h10-12H2,1-4H3. The van der Waals surface area contributed by atoms with Gasteiger partial charge in [0.2, 0.25) is 0 Å². The summed E-state index contributed by atoms with van der Waals surface area (Å²) >= 11 is 2.31. The molecule has 12 heavy (non-hydrogen) atoms. The third-order valence-corrected chi connectivity index (χ3v) is 6.35. The Morgan fingerprint density at radius 1 is 0.750 bits per heavy atom. The van der Waals surface area contributed by atoms with E-state index in [9.17, 15) is 0 Å². The Balaban J connectivity index is 3.16. The summed E-state index contributed by atoms with van der Waals surface area (Å²) < 4.78 is -0.152. The van der Waals surface area contributed by atoms with Crippen molar-refractivity contribution in [1.82, 2.24) is 0 Å². The van der Waals surface area contributed by atoms with Gasteiger partial charge < -0.3 is 17.2 Å². The summed E-state index contributed by atoms with van der Waals surface area (Å²) in [6.07, 6.45) is 0. The van der Waals surface area contributed by atoms with Crippen molar-refractivity contribution in [2.24, 2.45) is 17.2 Å². The minimum atomic E-state index is -0.504. The van der Waals surface area contributed by atoms with Crippen molar-refractivity contribution in [3.05, 3.63) is 0 Å². The number of hydrogen-bond donors (Lipinski definition) is 3. The van der Waals surface area contributed by atoms with E-state index in [1.807, 2.05) is 20.8 Å². The van der Waals surface area contributed by atoms with Crippen LogP contribution in [0.2, 0.25) is 0 Å². The summed E-state index contributed by atoms with van der Waals surface area (Å²) in [6.45, 7) is 7.91. The van der Waals surface area contributed by atoms with Gasteiger partial charge in [0.1, 0.15) is 0 Å². The molecule has 0 saturated heterocycles. The molecule has 0 aromatic heterocycles. The van der Waals surface area contributed by atoms with Gasteiger partial charge in [-0.15, -0.1) is 0 Å². The van der Waals surface area contributed by atoms with Gasteiger partial charge in [-0.3, -0.25) is 0 Å². The highest BCUT2D eigenvalue weighted by molar-refractivity contribution is 14.1. The Morgan fingerprint density at radius 2 is 1.00 bits per heavy atom. The maximum Gasteiger partial charge on any atom is 0.0584 e. The SMILES string of the molecule is CC1(N)C(C)(N)C(C)(I)C1(C)N. The fourth-order valence-electron chi connectivity index (χ4n) is 1.99. The fourth-order valence-corrected chi connectivity index (χ4v) is 3.11. The molecule has 2 atom stereocenters. The second-order valence-corrected chi connectivity index (χ2v) is 6.77. The summed E-state index contributed by atoms with van der Waals surface area (Å²) in [5.41, 5.74) is 17.0. The van der Waals surface area contributed by atoms with Gasteiger partial charge in [-0.25, -0.2) is 0 Å². The van der Waals surface area contributed by atoms with Gasteiger partial charge in [-0.05, 0) is 27.7 Å². The van der Waals surface area contributed by atoms with Gasteiger partial charge in [-0.2, -0.15) is 0 Å². The average molecular weight is 283 g/mol. The van der Waals surface area contributed by atoms with Gasteiger partial charge in [0.15, 0.2) is 0 Å². The van der Waals surface area contributed by atoms with Gasteiger partial charge in [0.05, 0.1) is 8.96 Å². The molecule has 0 aromatic carbocycles. The second-order valence-electron chi connectivity index (χ2n) is 4.61. The number of halogens is 1. The Kier molecular flexibility index (Phi) is 1.92. The molecule has 1 fully saturated rings. The monoisotopic (exact) mass is 283 g/mol. The fraction of sp³-hybridized carbons (Fsp3) is 1.00. The lowest BCUT2D eigenvalue weighted by atomic mass is 9.45. The average Bonchev–Trinajstić information content (AvgIpc) is 1.84. The first kappa shape index (κ1) is 10.7. The van der Waals surface area contributed by atoms with E-state index < -0.39 is 16.6 Å². The molecule has 2 unspecified atom stereocenters. The molecule has 3 nitrogen and oxygen atoms in total. The summed E-state index contributed by atoms with van der Waals surface area (Å²) in [6, 6.07) is 0. The molecule has 0 spiro atoms. The largest absolute Gasteiger partial charge is 0.323 e. The van der Waals surface area contributed by atoms with Gasteiger partial charge in [0.25, 0.3) is 0 Å². The highest BCUT2D eigenvalue weighted by Crippen LogP contribution is 2.58. The molecule has 1 saturated carbocycles. The van der Waals surface area contributed by atoms with Gasteiger partial charge >= 0.3 is 0 Å². The number of nitrogens with two attached hydrogens (primary N) is 3. The zero-order valence-corrected chi connectivity index (χ0v) is 10.3. The molecule has 0 bridgehead atoms. The molecule has 0 radical (unpaired) electrons. The lowest BCUT2D eigenvalue weighted by Gasteiger charge is -2.73. The Bertz CT molecular complexity index is 154. The van der Waals surface area contributed by atoms with E-state index in [1.54, 1.807) is 0 Å². The van der Waals surface area contributed by atoms with E-state index in [0.717, 1.165) is 0 Å². The molecule has 4 heteroatoms. The molecule has 0 aromatic rings. The predicted molar refractivity (Wildman–Crippen MR) is 60.2 cm³/mol. The van der Waals surface area contributed by atoms with Crippen LogP contribution < -0.4 is 17.2 Å². The van der Waals surface area contributed by atoms with Crippen LogP contribution in [0, 0.1) is 0 Å². The maximum absolute atomic E-state index is 6.14. The van der Waals surface area contributed by atoms with Crippen molar-refractivity contribution in [3.8, 4) is 0 Å². The van der Waals surface area contributed by atoms with Crippen molar-refractivity contribution in [1.29, 1.82) is 0 Å². The molecule has 0 aliphatic heterocycles. The first-order valence-corrected chi connectivity index (χ1v) is 5.13. The first-order valence-electron chi connectivity index (χ1n) is 4.06. The van der Waals surface area contributed by atoms with E-state index in [-0.39, 0.29) is 3.42 Å². The smallest absolute Gasteiger partial charge is 0.0584 e. The molecule has 6 N–H and O–H groups in total. The molecule has 0 heterocycles. The number of rotatable bonds is 0. The molecule has 72 valence electrons. The summed E-state index contributed by atoms with van der Waals surface area (Å²) in [4.78, 5) is 0. The van der Waals surface area contributed by atoms with Crippen molar-refractivity contribution < 1.29 is 0 Å². The number of hydrogen-bond acceptors (Lipinski definition) is 3. The highest BCUT2D eigenvalue weighted by atomic mass is 127. The van der Waals surface area contributed by atoms with Crippen LogP contribution in [0.5, 0.6) is 0 Å². The summed E-state index contributed by atoms with van der Waals surface area (Å²) in [7, 11) is 0. The van der Waals surface area contributed by atoms with Crippen LogP contribution in [-0.4, -0.2) is 20.0 Å². The van der Waals surface area contributed by atoms with Gasteiger partial charge in [-0.1, -0.05) is 22.6 Å². The molecule has 1 aliphatic rings. The van der Waals surface area contributed by atoms with Crippen LogP contribution in [0.1, 0.15) is 27.7 Å². The Morgan fingerprint density at radius 3 is 1.08 bits per heavy atom. The lowest BCUT2D eigenvalue weighted by molar-refractivity contribution is -0.0195. The van der Waals surface area contributed by atoms with E-state index >= 15 is 0 Å². The molecule has 0 amide bonds. The topological polar surface area (TPSA) is 78.1 Å². The van der Waals surface area contributed by atoms with Gasteiger partial charge in [0, 0.05) is 11.1 Å². The molecular weight excluding hydrogens is 265 g/mol. The zero-order chi connectivity index (χ0) is 10.0. The predicted octanol–water partition coefficient (Wildman–Crippen LogP) is 0.346. The third-order valence-electron chi connectivity index (χ3n) is 4.11. The molecular formula is C8H18IN3. The van der Waals surface area contributed by atoms with Crippen LogP contribution in [0.4, 0.5) is 0 Å². The van der Waals surface area contributed by atoms with E-state index in [2.05, 4.69) is 29.5 Å². The normalized spacial score (nSPS) is 66.0.